The molecule has 2 amide bonds. The largest absolute Gasteiger partial charge is 0.383 e. The number of likely N-dealkylation sites (tertiary alicyclic amines) is 1. The van der Waals surface area contributed by atoms with Gasteiger partial charge in [-0.2, -0.15) is 0 Å². The van der Waals surface area contributed by atoms with Crippen LogP contribution in [0.3, 0.4) is 0 Å². The highest BCUT2D eigenvalue weighted by atomic mass is 16.5. The number of carbonyl (C=O) groups excluding carboxylic acids is 2. The third-order valence-electron chi connectivity index (χ3n) is 3.92. The van der Waals surface area contributed by atoms with Crippen molar-refractivity contribution in [1.82, 2.24) is 10.2 Å². The van der Waals surface area contributed by atoms with Gasteiger partial charge in [0.1, 0.15) is 0 Å². The van der Waals surface area contributed by atoms with Crippen LogP contribution < -0.4 is 11.1 Å². The Kier molecular flexibility index (Phi) is 4.76. The maximum Gasteiger partial charge on any atom is 0.225 e. The van der Waals surface area contributed by atoms with E-state index < -0.39 is 0 Å². The van der Waals surface area contributed by atoms with Crippen LogP contribution in [0.4, 0.5) is 0 Å². The van der Waals surface area contributed by atoms with E-state index in [1.807, 2.05) is 0 Å². The maximum atomic E-state index is 12.1. The van der Waals surface area contributed by atoms with Crippen LogP contribution in [0.2, 0.25) is 0 Å². The average molecular weight is 269 g/mol. The molecular formula is C13H23N3O3. The monoisotopic (exact) mass is 269 g/mol. The normalized spacial score (nSPS) is 24.6. The second-order valence-electron chi connectivity index (χ2n) is 5.42. The molecule has 0 aromatic heterocycles. The van der Waals surface area contributed by atoms with Crippen LogP contribution in [0.1, 0.15) is 19.3 Å². The average Bonchev–Trinajstić information content (AvgIpc) is 3.17. The van der Waals surface area contributed by atoms with Crippen molar-refractivity contribution in [3.8, 4) is 0 Å². The number of nitrogens with one attached hydrogen (secondary N) is 1. The van der Waals surface area contributed by atoms with Gasteiger partial charge in [0.25, 0.3) is 0 Å². The van der Waals surface area contributed by atoms with Gasteiger partial charge in [-0.05, 0) is 18.8 Å². The van der Waals surface area contributed by atoms with Crippen molar-refractivity contribution in [2.24, 2.45) is 17.6 Å². The van der Waals surface area contributed by atoms with Crippen molar-refractivity contribution in [2.75, 3.05) is 33.4 Å². The van der Waals surface area contributed by atoms with E-state index in [0.717, 1.165) is 12.8 Å². The van der Waals surface area contributed by atoms with Crippen LogP contribution in [-0.2, 0) is 14.3 Å². The van der Waals surface area contributed by atoms with E-state index in [4.69, 9.17) is 10.5 Å². The van der Waals surface area contributed by atoms with Crippen LogP contribution in [-0.4, -0.2) is 56.1 Å². The summed E-state index contributed by atoms with van der Waals surface area (Å²) in [5, 5.41) is 2.99. The molecule has 1 saturated heterocycles. The van der Waals surface area contributed by atoms with Crippen molar-refractivity contribution in [2.45, 2.75) is 25.3 Å². The molecule has 2 unspecified atom stereocenters. The fourth-order valence-electron chi connectivity index (χ4n) is 2.53. The van der Waals surface area contributed by atoms with Crippen molar-refractivity contribution >= 4 is 11.8 Å². The van der Waals surface area contributed by atoms with Crippen molar-refractivity contribution in [3.63, 3.8) is 0 Å². The van der Waals surface area contributed by atoms with E-state index in [9.17, 15) is 9.59 Å². The summed E-state index contributed by atoms with van der Waals surface area (Å²) in [5.74, 6) is 0.302. The van der Waals surface area contributed by atoms with Crippen LogP contribution >= 0.6 is 0 Å². The number of hydrogen-bond acceptors (Lipinski definition) is 4. The zero-order valence-corrected chi connectivity index (χ0v) is 11.4. The van der Waals surface area contributed by atoms with Gasteiger partial charge in [0.15, 0.2) is 0 Å². The smallest absolute Gasteiger partial charge is 0.225 e. The summed E-state index contributed by atoms with van der Waals surface area (Å²) in [6.07, 6.45) is 2.59. The third kappa shape index (κ3) is 3.67. The second kappa shape index (κ2) is 6.34. The number of hydrogen-bond donors (Lipinski definition) is 2. The molecule has 19 heavy (non-hydrogen) atoms. The molecule has 2 aliphatic rings. The molecule has 0 aromatic carbocycles. The molecule has 2 fully saturated rings. The molecule has 6 nitrogen and oxygen atoms in total. The molecule has 2 atom stereocenters. The summed E-state index contributed by atoms with van der Waals surface area (Å²) >= 11 is 0. The highest BCUT2D eigenvalue weighted by molar-refractivity contribution is 5.89. The number of nitrogens with two attached hydrogens (primary N) is 1. The number of nitrogens with zero attached hydrogens (tertiary/aromatic N) is 1. The minimum absolute atomic E-state index is 0.0318. The van der Waals surface area contributed by atoms with E-state index in [1.165, 1.54) is 0 Å². The van der Waals surface area contributed by atoms with E-state index in [-0.39, 0.29) is 23.8 Å². The van der Waals surface area contributed by atoms with Gasteiger partial charge in [0.05, 0.1) is 12.5 Å². The lowest BCUT2D eigenvalue weighted by Crippen LogP contribution is -2.45. The first-order valence-corrected chi connectivity index (χ1v) is 6.92. The summed E-state index contributed by atoms with van der Waals surface area (Å²) in [7, 11) is 1.60. The molecule has 0 spiro atoms. The molecule has 1 saturated carbocycles. The lowest BCUT2D eigenvalue weighted by molar-refractivity contribution is -0.129. The van der Waals surface area contributed by atoms with Crippen LogP contribution in [0.5, 0.6) is 0 Å². The van der Waals surface area contributed by atoms with Gasteiger partial charge in [-0.3, -0.25) is 9.59 Å². The van der Waals surface area contributed by atoms with Crippen molar-refractivity contribution < 1.29 is 14.3 Å². The van der Waals surface area contributed by atoms with Gasteiger partial charge < -0.3 is 20.7 Å². The SMILES string of the molecule is COCCN1CC(C(=O)NC(CN)C2CC2)CC1=O. The van der Waals surface area contributed by atoms with Gasteiger partial charge in [-0.1, -0.05) is 0 Å². The standard InChI is InChI=1S/C13H23N3O3/c1-19-5-4-16-8-10(6-12(16)17)13(18)15-11(7-14)9-2-3-9/h9-11H,2-8,14H2,1H3,(H,15,18). The number of amides is 2. The van der Waals surface area contributed by atoms with E-state index in [1.54, 1.807) is 12.0 Å². The predicted octanol–water partition coefficient (Wildman–Crippen LogP) is -0.665. The Morgan fingerprint density at radius 3 is 2.89 bits per heavy atom. The zero-order chi connectivity index (χ0) is 13.8. The molecule has 3 N–H and O–H groups in total. The Morgan fingerprint density at radius 2 is 2.32 bits per heavy atom. The topological polar surface area (TPSA) is 84.7 Å². The molecule has 6 heteroatoms. The van der Waals surface area contributed by atoms with Gasteiger partial charge in [-0.15, -0.1) is 0 Å². The Labute approximate surface area is 113 Å². The highest BCUT2D eigenvalue weighted by Gasteiger charge is 2.37. The second-order valence-corrected chi connectivity index (χ2v) is 5.42. The molecule has 2 rings (SSSR count). The van der Waals surface area contributed by atoms with Crippen LogP contribution in [0, 0.1) is 11.8 Å². The Bertz CT molecular complexity index is 344. The van der Waals surface area contributed by atoms with E-state index in [2.05, 4.69) is 5.32 Å². The van der Waals surface area contributed by atoms with Crippen LogP contribution in [0.15, 0.2) is 0 Å². The predicted molar refractivity (Wildman–Crippen MR) is 70.3 cm³/mol. The summed E-state index contributed by atoms with van der Waals surface area (Å²) in [4.78, 5) is 25.6. The summed E-state index contributed by atoms with van der Waals surface area (Å²) in [6, 6.07) is 0.0793. The van der Waals surface area contributed by atoms with E-state index >= 15 is 0 Å². The van der Waals surface area contributed by atoms with Crippen molar-refractivity contribution in [1.29, 1.82) is 0 Å². The van der Waals surface area contributed by atoms with Crippen LogP contribution in [0.25, 0.3) is 0 Å². The quantitative estimate of drug-likeness (QED) is 0.642. The molecule has 0 aromatic rings. The molecule has 108 valence electrons. The summed E-state index contributed by atoms with van der Waals surface area (Å²) < 4.78 is 4.96. The summed E-state index contributed by atoms with van der Waals surface area (Å²) in [5.41, 5.74) is 5.67. The van der Waals surface area contributed by atoms with E-state index in [0.29, 0.717) is 38.6 Å². The molecule has 1 heterocycles. The third-order valence-corrected chi connectivity index (χ3v) is 3.92. The lowest BCUT2D eigenvalue weighted by Gasteiger charge is -2.19. The summed E-state index contributed by atoms with van der Waals surface area (Å²) in [6.45, 7) is 2.04. The number of carbonyl (C=O) groups is 2. The molecule has 1 aliphatic heterocycles. The van der Waals surface area contributed by atoms with Gasteiger partial charge >= 0.3 is 0 Å². The fraction of sp³-hybridized carbons (Fsp3) is 0.846. The first-order chi connectivity index (χ1) is 9.15. The molecule has 0 radical (unpaired) electrons. The minimum atomic E-state index is -0.239. The zero-order valence-electron chi connectivity index (χ0n) is 11.4. The highest BCUT2D eigenvalue weighted by Crippen LogP contribution is 2.32. The first kappa shape index (κ1) is 14.3. The molecular weight excluding hydrogens is 246 g/mol. The molecule has 1 aliphatic carbocycles. The van der Waals surface area contributed by atoms with Crippen molar-refractivity contribution in [3.05, 3.63) is 0 Å². The number of methoxy groups -OCH3 is 1. The fourth-order valence-corrected chi connectivity index (χ4v) is 2.53. The Morgan fingerprint density at radius 1 is 1.58 bits per heavy atom. The Hall–Kier alpha value is -1.14. The number of ether oxygens (including phenoxy) is 1. The molecule has 0 bridgehead atoms. The van der Waals surface area contributed by atoms with Gasteiger partial charge in [-0.25, -0.2) is 0 Å². The van der Waals surface area contributed by atoms with Gasteiger partial charge in [0.2, 0.25) is 11.8 Å². The first-order valence-electron chi connectivity index (χ1n) is 6.92. The maximum absolute atomic E-state index is 12.1. The number of rotatable bonds is 7. The minimum Gasteiger partial charge on any atom is -0.383 e. The Balaban J connectivity index is 1.81. The van der Waals surface area contributed by atoms with Gasteiger partial charge in [0, 0.05) is 39.2 Å². The lowest BCUT2D eigenvalue weighted by atomic mass is 10.1.